The SMILES string of the molecule is N#Cc1ccc2cc(N(c3ccc(-c4ccc5oc6ccccc6c5c4)cc3)c3ccc(-c4ccc5oc6ccccc6c5c4)cc3)ccc2c1. The maximum absolute atomic E-state index is 9.45. The van der Waals surface area contributed by atoms with Crippen LogP contribution in [0.4, 0.5) is 17.1 Å². The Morgan fingerprint density at radius 2 is 0.824 bits per heavy atom. The fourth-order valence-electron chi connectivity index (χ4n) is 7.31. The molecule has 0 saturated carbocycles. The molecule has 0 saturated heterocycles. The highest BCUT2D eigenvalue weighted by Crippen LogP contribution is 2.40. The van der Waals surface area contributed by atoms with E-state index in [1.165, 1.54) is 0 Å². The molecule has 0 N–H and O–H groups in total. The van der Waals surface area contributed by atoms with Crippen molar-refractivity contribution in [3.05, 3.63) is 175 Å². The summed E-state index contributed by atoms with van der Waals surface area (Å²) in [5.74, 6) is 0. The Kier molecular flexibility index (Phi) is 6.52. The summed E-state index contributed by atoms with van der Waals surface area (Å²) in [6.07, 6.45) is 0. The van der Waals surface area contributed by atoms with Crippen molar-refractivity contribution < 1.29 is 8.83 Å². The van der Waals surface area contributed by atoms with Gasteiger partial charge in [0.1, 0.15) is 22.3 Å². The predicted molar refractivity (Wildman–Crippen MR) is 209 cm³/mol. The van der Waals surface area contributed by atoms with Crippen molar-refractivity contribution in [2.24, 2.45) is 0 Å². The van der Waals surface area contributed by atoms with Crippen molar-refractivity contribution in [1.82, 2.24) is 0 Å². The average molecular weight is 653 g/mol. The summed E-state index contributed by atoms with van der Waals surface area (Å²) < 4.78 is 12.2. The van der Waals surface area contributed by atoms with Crippen molar-refractivity contribution in [3.8, 4) is 28.3 Å². The van der Waals surface area contributed by atoms with E-state index in [9.17, 15) is 5.26 Å². The van der Waals surface area contributed by atoms with Crippen LogP contribution in [0.2, 0.25) is 0 Å². The van der Waals surface area contributed by atoms with E-state index in [0.717, 1.165) is 94.0 Å². The Morgan fingerprint density at radius 1 is 0.373 bits per heavy atom. The van der Waals surface area contributed by atoms with E-state index in [0.29, 0.717) is 5.56 Å². The van der Waals surface area contributed by atoms with E-state index < -0.39 is 0 Å². The standard InChI is InChI=1S/C47H28N2O2/c48-29-30-9-10-34-26-39(22-15-33(34)25-30)49(37-18-11-31(12-19-37)35-16-23-46-42(27-35)40-5-1-3-7-44(40)50-46)38-20-13-32(14-21-38)36-17-24-47-43(28-36)41-6-2-4-8-45(41)51-47/h1-28H. The summed E-state index contributed by atoms with van der Waals surface area (Å²) in [5, 5.41) is 16.0. The van der Waals surface area contributed by atoms with Crippen LogP contribution in [0, 0.1) is 11.3 Å². The smallest absolute Gasteiger partial charge is 0.135 e. The van der Waals surface area contributed by atoms with E-state index in [-0.39, 0.29) is 0 Å². The number of anilines is 3. The monoisotopic (exact) mass is 652 g/mol. The van der Waals surface area contributed by atoms with Gasteiger partial charge in [-0.25, -0.2) is 0 Å². The van der Waals surface area contributed by atoms with Crippen molar-refractivity contribution in [2.45, 2.75) is 0 Å². The number of nitriles is 1. The molecule has 238 valence electrons. The van der Waals surface area contributed by atoms with Gasteiger partial charge >= 0.3 is 0 Å². The maximum Gasteiger partial charge on any atom is 0.135 e. The van der Waals surface area contributed by atoms with Crippen LogP contribution in [0.15, 0.2) is 179 Å². The number of furan rings is 2. The fraction of sp³-hybridized carbons (Fsp3) is 0. The molecule has 0 fully saturated rings. The van der Waals surface area contributed by atoms with Crippen LogP contribution in [-0.2, 0) is 0 Å². The topological polar surface area (TPSA) is 53.3 Å². The van der Waals surface area contributed by atoms with Gasteiger partial charge < -0.3 is 13.7 Å². The Morgan fingerprint density at radius 3 is 1.37 bits per heavy atom. The molecule has 0 amide bonds. The number of para-hydroxylation sites is 2. The molecule has 10 rings (SSSR count). The molecule has 0 aliphatic heterocycles. The average Bonchev–Trinajstić information content (AvgIpc) is 3.76. The lowest BCUT2D eigenvalue weighted by atomic mass is 10.0. The van der Waals surface area contributed by atoms with Gasteiger partial charge in [-0.2, -0.15) is 5.26 Å². The largest absolute Gasteiger partial charge is 0.456 e. The summed E-state index contributed by atoms with van der Waals surface area (Å²) in [6, 6.07) is 61.1. The first-order valence-corrected chi connectivity index (χ1v) is 17.0. The molecule has 8 aromatic carbocycles. The van der Waals surface area contributed by atoms with Crippen LogP contribution >= 0.6 is 0 Å². The first-order valence-electron chi connectivity index (χ1n) is 17.0. The van der Waals surface area contributed by atoms with Crippen LogP contribution in [0.1, 0.15) is 5.56 Å². The highest BCUT2D eigenvalue weighted by Gasteiger charge is 2.16. The summed E-state index contributed by atoms with van der Waals surface area (Å²) in [5.41, 5.74) is 11.9. The molecule has 0 aliphatic carbocycles. The summed E-state index contributed by atoms with van der Waals surface area (Å²) >= 11 is 0. The lowest BCUT2D eigenvalue weighted by molar-refractivity contribution is 0.668. The van der Waals surface area contributed by atoms with E-state index >= 15 is 0 Å². The molecule has 10 aromatic rings. The van der Waals surface area contributed by atoms with Crippen LogP contribution < -0.4 is 4.90 Å². The van der Waals surface area contributed by atoms with Gasteiger partial charge in [-0.3, -0.25) is 0 Å². The first-order chi connectivity index (χ1) is 25.2. The van der Waals surface area contributed by atoms with Gasteiger partial charge in [-0.1, -0.05) is 84.9 Å². The lowest BCUT2D eigenvalue weighted by Crippen LogP contribution is -2.09. The molecule has 0 spiro atoms. The van der Waals surface area contributed by atoms with Crippen molar-refractivity contribution in [2.75, 3.05) is 4.90 Å². The van der Waals surface area contributed by atoms with Gasteiger partial charge in [-0.05, 0) is 118 Å². The number of rotatable bonds is 5. The summed E-state index contributed by atoms with van der Waals surface area (Å²) in [4.78, 5) is 2.28. The second-order valence-electron chi connectivity index (χ2n) is 12.9. The zero-order valence-electron chi connectivity index (χ0n) is 27.4. The third kappa shape index (κ3) is 4.91. The number of hydrogen-bond donors (Lipinski definition) is 0. The van der Waals surface area contributed by atoms with E-state index in [2.05, 4.69) is 138 Å². The van der Waals surface area contributed by atoms with E-state index in [4.69, 9.17) is 8.83 Å². The zero-order chi connectivity index (χ0) is 33.9. The van der Waals surface area contributed by atoms with Crippen LogP contribution in [0.25, 0.3) is 76.9 Å². The van der Waals surface area contributed by atoms with Gasteiger partial charge in [0.25, 0.3) is 0 Å². The molecular weight excluding hydrogens is 625 g/mol. The maximum atomic E-state index is 9.45. The first kappa shape index (κ1) is 28.9. The highest BCUT2D eigenvalue weighted by atomic mass is 16.3. The Hall–Kier alpha value is -7.09. The molecule has 4 nitrogen and oxygen atoms in total. The predicted octanol–water partition coefficient (Wildman–Crippen LogP) is 13.3. The van der Waals surface area contributed by atoms with E-state index in [1.54, 1.807) is 0 Å². The Balaban J connectivity index is 1.05. The molecule has 0 radical (unpaired) electrons. The van der Waals surface area contributed by atoms with Crippen LogP contribution in [0.5, 0.6) is 0 Å². The van der Waals surface area contributed by atoms with Gasteiger partial charge in [0.2, 0.25) is 0 Å². The number of fused-ring (bicyclic) bond motifs is 7. The minimum atomic E-state index is 0.654. The van der Waals surface area contributed by atoms with Gasteiger partial charge in [0.15, 0.2) is 0 Å². The summed E-state index contributed by atoms with van der Waals surface area (Å²) in [7, 11) is 0. The number of hydrogen-bond acceptors (Lipinski definition) is 4. The Labute approximate surface area is 293 Å². The zero-order valence-corrected chi connectivity index (χ0v) is 27.4. The van der Waals surface area contributed by atoms with E-state index in [1.807, 2.05) is 42.5 Å². The minimum absolute atomic E-state index is 0.654. The molecule has 0 bridgehead atoms. The second kappa shape index (κ2) is 11.5. The molecule has 2 aromatic heterocycles. The highest BCUT2D eigenvalue weighted by molar-refractivity contribution is 6.07. The van der Waals surface area contributed by atoms with Gasteiger partial charge in [0, 0.05) is 38.6 Å². The molecule has 2 heterocycles. The molecular formula is C47H28N2O2. The third-order valence-electron chi connectivity index (χ3n) is 9.88. The quantitative estimate of drug-likeness (QED) is 0.186. The number of nitrogens with zero attached hydrogens (tertiary/aromatic N) is 2. The van der Waals surface area contributed by atoms with Crippen molar-refractivity contribution in [3.63, 3.8) is 0 Å². The molecule has 51 heavy (non-hydrogen) atoms. The van der Waals surface area contributed by atoms with Gasteiger partial charge in [-0.15, -0.1) is 0 Å². The molecule has 0 aliphatic rings. The Bertz CT molecular complexity index is 2820. The fourth-order valence-corrected chi connectivity index (χ4v) is 7.31. The van der Waals surface area contributed by atoms with Crippen molar-refractivity contribution >= 4 is 71.7 Å². The van der Waals surface area contributed by atoms with Crippen LogP contribution in [0.3, 0.4) is 0 Å². The third-order valence-corrected chi connectivity index (χ3v) is 9.88. The molecule has 4 heteroatoms. The van der Waals surface area contributed by atoms with Crippen LogP contribution in [-0.4, -0.2) is 0 Å². The second-order valence-corrected chi connectivity index (χ2v) is 12.9. The lowest BCUT2D eigenvalue weighted by Gasteiger charge is -2.26. The molecule has 0 unspecified atom stereocenters. The van der Waals surface area contributed by atoms with Crippen molar-refractivity contribution in [1.29, 1.82) is 5.26 Å². The normalized spacial score (nSPS) is 11.5. The number of benzene rings is 8. The summed E-state index contributed by atoms with van der Waals surface area (Å²) in [6.45, 7) is 0. The van der Waals surface area contributed by atoms with Gasteiger partial charge in [0.05, 0.1) is 11.6 Å². The minimum Gasteiger partial charge on any atom is -0.456 e. The molecule has 0 atom stereocenters.